The van der Waals surface area contributed by atoms with E-state index in [1.165, 1.54) is 11.4 Å². The number of rotatable bonds is 6. The minimum Gasteiger partial charge on any atom is -0.349 e. The Morgan fingerprint density at radius 2 is 1.68 bits per heavy atom. The van der Waals surface area contributed by atoms with Crippen LogP contribution >= 0.6 is 11.6 Å². The van der Waals surface area contributed by atoms with Crippen molar-refractivity contribution in [2.24, 2.45) is 0 Å². The van der Waals surface area contributed by atoms with Crippen molar-refractivity contribution in [2.75, 3.05) is 17.6 Å². The van der Waals surface area contributed by atoms with Crippen LogP contribution in [0.3, 0.4) is 0 Å². The summed E-state index contributed by atoms with van der Waals surface area (Å²) in [6.07, 6.45) is 1.37. The van der Waals surface area contributed by atoms with Crippen LogP contribution in [-0.4, -0.2) is 27.6 Å². The Morgan fingerprint density at radius 3 is 2.20 bits per heavy atom. The van der Waals surface area contributed by atoms with Gasteiger partial charge in [0.05, 0.1) is 24.4 Å². The summed E-state index contributed by atoms with van der Waals surface area (Å²) in [5.74, 6) is -0.105. The quantitative estimate of drug-likeness (QED) is 0.837. The highest BCUT2D eigenvalue weighted by Crippen LogP contribution is 2.18. The fraction of sp³-hybridized carbons (Fsp3) is 0.278. The monoisotopic (exact) mass is 380 g/mol. The summed E-state index contributed by atoms with van der Waals surface area (Å²) in [5, 5.41) is 3.59. The zero-order valence-electron chi connectivity index (χ0n) is 14.4. The molecule has 0 aliphatic heterocycles. The minimum atomic E-state index is -3.30. The highest BCUT2D eigenvalue weighted by Gasteiger charge is 2.13. The van der Waals surface area contributed by atoms with Crippen LogP contribution in [0, 0.1) is 0 Å². The largest absolute Gasteiger partial charge is 0.349 e. The predicted molar refractivity (Wildman–Crippen MR) is 101 cm³/mol. The maximum absolute atomic E-state index is 12.2. The fourth-order valence-corrected chi connectivity index (χ4v) is 2.96. The molecule has 2 aromatic rings. The number of benzene rings is 2. The number of halogens is 1. The van der Waals surface area contributed by atoms with Gasteiger partial charge in [0.2, 0.25) is 15.9 Å². The molecule has 0 aliphatic carbocycles. The second-order valence-corrected chi connectivity index (χ2v) is 8.36. The molecule has 0 heterocycles. The van der Waals surface area contributed by atoms with Crippen molar-refractivity contribution >= 4 is 33.2 Å². The van der Waals surface area contributed by atoms with Crippen LogP contribution in [0.5, 0.6) is 0 Å². The van der Waals surface area contributed by atoms with E-state index in [0.29, 0.717) is 10.7 Å². The first-order valence-corrected chi connectivity index (χ1v) is 9.97. The summed E-state index contributed by atoms with van der Waals surface area (Å²) in [6, 6.07) is 14.1. The van der Waals surface area contributed by atoms with Gasteiger partial charge in [0.1, 0.15) is 0 Å². The first-order valence-electron chi connectivity index (χ1n) is 7.74. The number of amides is 1. The number of anilines is 1. The Kier molecular flexibility index (Phi) is 6.08. The second-order valence-electron chi connectivity index (χ2n) is 5.91. The molecule has 0 fully saturated rings. The molecule has 25 heavy (non-hydrogen) atoms. The lowest BCUT2D eigenvalue weighted by Gasteiger charge is -2.17. The Bertz CT molecular complexity index is 834. The molecule has 1 amide bonds. The van der Waals surface area contributed by atoms with Crippen LogP contribution in [0.15, 0.2) is 48.5 Å². The molecule has 0 aliphatic rings. The van der Waals surface area contributed by atoms with Gasteiger partial charge >= 0.3 is 0 Å². The zero-order chi connectivity index (χ0) is 18.6. The average molecular weight is 381 g/mol. The van der Waals surface area contributed by atoms with Crippen LogP contribution in [0.25, 0.3) is 0 Å². The van der Waals surface area contributed by atoms with Gasteiger partial charge in [-0.25, -0.2) is 8.42 Å². The van der Waals surface area contributed by atoms with Gasteiger partial charge in [0.15, 0.2) is 0 Å². The van der Waals surface area contributed by atoms with Crippen molar-refractivity contribution in [1.82, 2.24) is 5.32 Å². The fourth-order valence-electron chi connectivity index (χ4n) is 2.33. The lowest BCUT2D eigenvalue weighted by Crippen LogP contribution is -2.28. The van der Waals surface area contributed by atoms with E-state index in [0.717, 1.165) is 17.4 Å². The highest BCUT2D eigenvalue weighted by atomic mass is 35.5. The summed E-state index contributed by atoms with van der Waals surface area (Å²) in [5.41, 5.74) is 2.34. The van der Waals surface area contributed by atoms with Crippen molar-refractivity contribution < 1.29 is 13.2 Å². The number of carbonyl (C=O) groups is 1. The summed E-state index contributed by atoms with van der Waals surface area (Å²) in [7, 11) is -1.81. The zero-order valence-corrected chi connectivity index (χ0v) is 15.9. The van der Waals surface area contributed by atoms with E-state index in [1.807, 2.05) is 19.1 Å². The normalized spacial score (nSPS) is 12.5. The second kappa shape index (κ2) is 7.89. The van der Waals surface area contributed by atoms with Gasteiger partial charge in [0.25, 0.3) is 0 Å². The van der Waals surface area contributed by atoms with Crippen molar-refractivity contribution in [3.05, 3.63) is 64.7 Å². The van der Waals surface area contributed by atoms with E-state index >= 15 is 0 Å². The predicted octanol–water partition coefficient (Wildman–Crippen LogP) is 3.16. The third-order valence-electron chi connectivity index (χ3n) is 3.91. The molecule has 0 spiro atoms. The lowest BCUT2D eigenvalue weighted by atomic mass is 10.1. The number of hydrogen-bond donors (Lipinski definition) is 1. The number of carbonyl (C=O) groups excluding carboxylic acids is 1. The Balaban J connectivity index is 1.97. The first kappa shape index (κ1) is 19.3. The molecule has 0 saturated heterocycles. The molecule has 2 rings (SSSR count). The van der Waals surface area contributed by atoms with Gasteiger partial charge in [-0.05, 0) is 42.3 Å². The van der Waals surface area contributed by atoms with Crippen LogP contribution in [0.1, 0.15) is 24.1 Å². The SMILES string of the molecule is C[C@@H](NC(=O)Cc1ccc(N(C)S(C)(=O)=O)cc1)c1ccc(Cl)cc1. The van der Waals surface area contributed by atoms with E-state index < -0.39 is 10.0 Å². The number of nitrogens with one attached hydrogen (secondary N) is 1. The van der Waals surface area contributed by atoms with Gasteiger partial charge in [0, 0.05) is 12.1 Å². The van der Waals surface area contributed by atoms with E-state index in [-0.39, 0.29) is 18.4 Å². The number of nitrogens with zero attached hydrogens (tertiary/aromatic N) is 1. The van der Waals surface area contributed by atoms with E-state index in [9.17, 15) is 13.2 Å². The Labute approximate surface area is 153 Å². The van der Waals surface area contributed by atoms with Gasteiger partial charge in [-0.2, -0.15) is 0 Å². The summed E-state index contributed by atoms with van der Waals surface area (Å²) >= 11 is 5.86. The molecule has 0 bridgehead atoms. The Morgan fingerprint density at radius 1 is 1.12 bits per heavy atom. The van der Waals surface area contributed by atoms with Crippen LogP contribution < -0.4 is 9.62 Å². The highest BCUT2D eigenvalue weighted by molar-refractivity contribution is 7.92. The number of hydrogen-bond acceptors (Lipinski definition) is 3. The van der Waals surface area contributed by atoms with Crippen molar-refractivity contribution in [2.45, 2.75) is 19.4 Å². The molecule has 2 aromatic carbocycles. The third kappa shape index (κ3) is 5.47. The van der Waals surface area contributed by atoms with Gasteiger partial charge < -0.3 is 5.32 Å². The summed E-state index contributed by atoms with van der Waals surface area (Å²) in [6.45, 7) is 1.91. The molecular weight excluding hydrogens is 360 g/mol. The molecule has 7 heteroatoms. The van der Waals surface area contributed by atoms with Gasteiger partial charge in [-0.1, -0.05) is 35.9 Å². The third-order valence-corrected chi connectivity index (χ3v) is 5.37. The maximum Gasteiger partial charge on any atom is 0.231 e. The van der Waals surface area contributed by atoms with Crippen molar-refractivity contribution in [3.8, 4) is 0 Å². The molecule has 1 N–H and O–H groups in total. The average Bonchev–Trinajstić information content (AvgIpc) is 2.54. The molecule has 0 saturated carbocycles. The van der Waals surface area contributed by atoms with Gasteiger partial charge in [-0.15, -0.1) is 0 Å². The summed E-state index contributed by atoms with van der Waals surface area (Å²) in [4.78, 5) is 12.2. The van der Waals surface area contributed by atoms with Crippen molar-refractivity contribution in [1.29, 1.82) is 0 Å². The van der Waals surface area contributed by atoms with Crippen LogP contribution in [-0.2, 0) is 21.2 Å². The molecule has 0 aromatic heterocycles. The standard InChI is InChI=1S/C18H21ClN2O3S/c1-13(15-6-8-16(19)9-7-15)20-18(22)12-14-4-10-17(11-5-14)21(2)25(3,23)24/h4-11,13H,12H2,1-3H3,(H,20,22)/t13-/m1/s1. The molecular formula is C18H21ClN2O3S. The Hall–Kier alpha value is -2.05. The van der Waals surface area contributed by atoms with E-state index in [4.69, 9.17) is 11.6 Å². The minimum absolute atomic E-state index is 0.105. The molecule has 1 atom stereocenters. The van der Waals surface area contributed by atoms with Crippen LogP contribution in [0.2, 0.25) is 5.02 Å². The van der Waals surface area contributed by atoms with Gasteiger partial charge in [-0.3, -0.25) is 9.10 Å². The maximum atomic E-state index is 12.2. The molecule has 0 radical (unpaired) electrons. The van der Waals surface area contributed by atoms with Crippen molar-refractivity contribution in [3.63, 3.8) is 0 Å². The summed E-state index contributed by atoms with van der Waals surface area (Å²) < 4.78 is 24.2. The van der Waals surface area contributed by atoms with E-state index in [1.54, 1.807) is 36.4 Å². The smallest absolute Gasteiger partial charge is 0.231 e. The van der Waals surface area contributed by atoms with Crippen LogP contribution in [0.4, 0.5) is 5.69 Å². The molecule has 134 valence electrons. The number of sulfonamides is 1. The van der Waals surface area contributed by atoms with E-state index in [2.05, 4.69) is 5.32 Å². The topological polar surface area (TPSA) is 66.5 Å². The first-order chi connectivity index (χ1) is 11.7. The molecule has 0 unspecified atom stereocenters. The lowest BCUT2D eigenvalue weighted by molar-refractivity contribution is -0.121. The molecule has 5 nitrogen and oxygen atoms in total.